The van der Waals surface area contributed by atoms with E-state index in [4.69, 9.17) is 0 Å². The fourth-order valence-electron chi connectivity index (χ4n) is 4.52. The maximum atomic E-state index is 11.5. The minimum Gasteiger partial charge on any atom is -0.480 e. The summed E-state index contributed by atoms with van der Waals surface area (Å²) in [5.41, 5.74) is -0.822. The number of nitrogens with zero attached hydrogens (tertiary/aromatic N) is 1. The molecule has 122 valence electrons. The molecule has 0 aromatic carbocycles. The summed E-state index contributed by atoms with van der Waals surface area (Å²) in [5, 5.41) is 12.6. The Morgan fingerprint density at radius 2 is 2.14 bits per heavy atom. The lowest BCUT2D eigenvalue weighted by molar-refractivity contribution is -0.145. The Hall–Kier alpha value is -0.610. The van der Waals surface area contributed by atoms with Crippen molar-refractivity contribution in [3.8, 4) is 0 Å². The lowest BCUT2D eigenvalue weighted by atomic mass is 9.87. The molecular weight excluding hydrogens is 264 g/mol. The van der Waals surface area contributed by atoms with Crippen molar-refractivity contribution >= 4 is 5.97 Å². The second-order valence-corrected chi connectivity index (χ2v) is 7.60. The molecule has 2 aliphatic rings. The van der Waals surface area contributed by atoms with E-state index in [1.807, 2.05) is 6.92 Å². The number of likely N-dealkylation sites (N-methyl/N-ethyl adjacent to an activating group) is 1. The summed E-state index contributed by atoms with van der Waals surface area (Å²) in [4.78, 5) is 13.9. The first-order chi connectivity index (χ1) is 9.85. The van der Waals surface area contributed by atoms with Gasteiger partial charge in [0.2, 0.25) is 0 Å². The molecule has 0 spiro atoms. The van der Waals surface area contributed by atoms with Crippen molar-refractivity contribution in [3.63, 3.8) is 0 Å². The highest BCUT2D eigenvalue weighted by atomic mass is 16.4. The van der Waals surface area contributed by atoms with Crippen LogP contribution in [0.25, 0.3) is 0 Å². The molecule has 2 saturated carbocycles. The zero-order chi connectivity index (χ0) is 15.6. The third kappa shape index (κ3) is 3.78. The van der Waals surface area contributed by atoms with Crippen molar-refractivity contribution in [2.75, 3.05) is 20.1 Å². The largest absolute Gasteiger partial charge is 0.480 e. The standard InChI is InChI=1S/C17H32N2O2/c1-5-18-17(3,16(20)21)10-12(2)19(4)11-15-9-13-6-7-14(15)8-13/h12-15,18H,5-11H2,1-4H3,(H,20,21). The molecule has 2 bridgehead atoms. The summed E-state index contributed by atoms with van der Waals surface area (Å²) >= 11 is 0. The van der Waals surface area contributed by atoms with Crippen molar-refractivity contribution < 1.29 is 9.90 Å². The highest BCUT2D eigenvalue weighted by molar-refractivity contribution is 5.78. The molecule has 0 amide bonds. The van der Waals surface area contributed by atoms with Crippen LogP contribution in [0.5, 0.6) is 0 Å². The average Bonchev–Trinajstić information content (AvgIpc) is 3.00. The van der Waals surface area contributed by atoms with Crippen LogP contribution in [-0.2, 0) is 4.79 Å². The lowest BCUT2D eigenvalue weighted by Gasteiger charge is -2.35. The number of nitrogens with one attached hydrogen (secondary N) is 1. The van der Waals surface area contributed by atoms with Crippen LogP contribution >= 0.6 is 0 Å². The molecule has 4 nitrogen and oxygen atoms in total. The van der Waals surface area contributed by atoms with Gasteiger partial charge in [0.15, 0.2) is 0 Å². The Labute approximate surface area is 129 Å². The predicted octanol–water partition coefficient (Wildman–Crippen LogP) is 2.59. The average molecular weight is 296 g/mol. The highest BCUT2D eigenvalue weighted by Gasteiger charge is 2.41. The van der Waals surface area contributed by atoms with Crippen molar-refractivity contribution in [3.05, 3.63) is 0 Å². The van der Waals surface area contributed by atoms with Gasteiger partial charge in [0, 0.05) is 12.6 Å². The molecule has 2 N–H and O–H groups in total. The fraction of sp³-hybridized carbons (Fsp3) is 0.941. The van der Waals surface area contributed by atoms with E-state index >= 15 is 0 Å². The molecule has 0 saturated heterocycles. The van der Waals surface area contributed by atoms with Gasteiger partial charge in [-0.2, -0.15) is 0 Å². The van der Waals surface area contributed by atoms with Crippen molar-refractivity contribution in [2.45, 2.75) is 64.5 Å². The van der Waals surface area contributed by atoms with E-state index in [-0.39, 0.29) is 6.04 Å². The van der Waals surface area contributed by atoms with Crippen molar-refractivity contribution in [1.29, 1.82) is 0 Å². The van der Waals surface area contributed by atoms with Crippen LogP contribution in [0, 0.1) is 17.8 Å². The van der Waals surface area contributed by atoms with Gasteiger partial charge in [-0.1, -0.05) is 13.3 Å². The number of aliphatic carboxylic acids is 1. The fourth-order valence-corrected chi connectivity index (χ4v) is 4.52. The molecule has 5 unspecified atom stereocenters. The van der Waals surface area contributed by atoms with Crippen LogP contribution in [0.3, 0.4) is 0 Å². The van der Waals surface area contributed by atoms with Crippen molar-refractivity contribution in [1.82, 2.24) is 10.2 Å². The molecule has 5 atom stereocenters. The van der Waals surface area contributed by atoms with Crippen molar-refractivity contribution in [2.24, 2.45) is 17.8 Å². The van der Waals surface area contributed by atoms with Gasteiger partial charge in [-0.3, -0.25) is 4.79 Å². The third-order valence-corrected chi connectivity index (χ3v) is 5.90. The molecule has 4 heteroatoms. The summed E-state index contributed by atoms with van der Waals surface area (Å²) in [6.45, 7) is 7.74. The first-order valence-electron chi connectivity index (χ1n) is 8.54. The van der Waals surface area contributed by atoms with Crippen LogP contribution < -0.4 is 5.32 Å². The number of carboxylic acid groups (broad SMARTS) is 1. The quantitative estimate of drug-likeness (QED) is 0.723. The van der Waals surface area contributed by atoms with Gasteiger partial charge in [0.05, 0.1) is 0 Å². The number of carboxylic acids is 1. The molecular formula is C17H32N2O2. The maximum Gasteiger partial charge on any atom is 0.323 e. The SMILES string of the molecule is CCNC(C)(CC(C)N(C)CC1CC2CCC1C2)C(=O)O. The number of hydrogen-bond acceptors (Lipinski definition) is 3. The summed E-state index contributed by atoms with van der Waals surface area (Å²) in [5.74, 6) is 2.01. The Kier molecular flexibility index (Phi) is 5.31. The Balaban J connectivity index is 1.86. The molecule has 2 fully saturated rings. The Morgan fingerprint density at radius 1 is 1.43 bits per heavy atom. The first kappa shape index (κ1) is 16.8. The van der Waals surface area contributed by atoms with Crippen LogP contribution in [0.1, 0.15) is 52.9 Å². The van der Waals surface area contributed by atoms with Crippen LogP contribution in [0.4, 0.5) is 0 Å². The van der Waals surface area contributed by atoms with Gasteiger partial charge in [-0.15, -0.1) is 0 Å². The zero-order valence-corrected chi connectivity index (χ0v) is 14.1. The third-order valence-electron chi connectivity index (χ3n) is 5.90. The van der Waals surface area contributed by atoms with Gasteiger partial charge >= 0.3 is 5.97 Å². The molecule has 0 aromatic rings. The summed E-state index contributed by atoms with van der Waals surface area (Å²) < 4.78 is 0. The molecule has 2 rings (SSSR count). The summed E-state index contributed by atoms with van der Waals surface area (Å²) in [7, 11) is 2.16. The molecule has 2 aliphatic carbocycles. The van der Waals surface area contributed by atoms with E-state index in [0.29, 0.717) is 13.0 Å². The van der Waals surface area contributed by atoms with E-state index in [1.54, 1.807) is 6.92 Å². The minimum absolute atomic E-state index is 0.282. The van der Waals surface area contributed by atoms with Gasteiger partial charge in [0.1, 0.15) is 5.54 Å². The number of fused-ring (bicyclic) bond motifs is 2. The summed E-state index contributed by atoms with van der Waals surface area (Å²) in [6, 6.07) is 0.282. The number of hydrogen-bond donors (Lipinski definition) is 2. The van der Waals surface area contributed by atoms with Crippen LogP contribution in [-0.4, -0.2) is 47.7 Å². The Bertz CT molecular complexity index is 374. The molecule has 0 radical (unpaired) electrons. The molecule has 0 heterocycles. The zero-order valence-electron chi connectivity index (χ0n) is 14.1. The predicted molar refractivity (Wildman–Crippen MR) is 85.4 cm³/mol. The lowest BCUT2D eigenvalue weighted by Crippen LogP contribution is -2.53. The summed E-state index contributed by atoms with van der Waals surface area (Å²) in [6.07, 6.45) is 6.34. The van der Waals surface area contributed by atoms with E-state index < -0.39 is 11.5 Å². The van der Waals surface area contributed by atoms with Gasteiger partial charge < -0.3 is 15.3 Å². The topological polar surface area (TPSA) is 52.6 Å². The monoisotopic (exact) mass is 296 g/mol. The molecule has 0 aliphatic heterocycles. The first-order valence-corrected chi connectivity index (χ1v) is 8.54. The van der Waals surface area contributed by atoms with E-state index in [0.717, 1.165) is 24.3 Å². The smallest absolute Gasteiger partial charge is 0.323 e. The molecule has 21 heavy (non-hydrogen) atoms. The second kappa shape index (κ2) is 6.66. The minimum atomic E-state index is -0.822. The normalized spacial score (nSPS) is 32.3. The highest BCUT2D eigenvalue weighted by Crippen LogP contribution is 2.48. The number of rotatable bonds is 8. The molecule has 0 aromatic heterocycles. The van der Waals surface area contributed by atoms with Gasteiger partial charge in [0.25, 0.3) is 0 Å². The maximum absolute atomic E-state index is 11.5. The second-order valence-electron chi connectivity index (χ2n) is 7.60. The van der Waals surface area contributed by atoms with Crippen LogP contribution in [0.15, 0.2) is 0 Å². The van der Waals surface area contributed by atoms with Gasteiger partial charge in [-0.05, 0) is 70.9 Å². The number of carbonyl (C=O) groups is 1. The Morgan fingerprint density at radius 3 is 2.62 bits per heavy atom. The van der Waals surface area contributed by atoms with E-state index in [2.05, 4.69) is 24.2 Å². The van der Waals surface area contributed by atoms with Crippen LogP contribution in [0.2, 0.25) is 0 Å². The van der Waals surface area contributed by atoms with E-state index in [1.165, 1.54) is 25.7 Å². The van der Waals surface area contributed by atoms with Gasteiger partial charge in [-0.25, -0.2) is 0 Å². The van der Waals surface area contributed by atoms with E-state index in [9.17, 15) is 9.90 Å².